The van der Waals surface area contributed by atoms with Crippen LogP contribution in [-0.4, -0.2) is 66.1 Å². The van der Waals surface area contributed by atoms with E-state index in [2.05, 4.69) is 15.4 Å². The van der Waals surface area contributed by atoms with Crippen molar-refractivity contribution in [2.45, 2.75) is 48.4 Å². The number of amides is 2. The van der Waals surface area contributed by atoms with E-state index in [1.54, 1.807) is 0 Å². The molecule has 16 heteroatoms. The lowest BCUT2D eigenvalue weighted by molar-refractivity contribution is -0.242. The number of sulfonamides is 1. The van der Waals surface area contributed by atoms with E-state index in [0.717, 1.165) is 22.7 Å². The predicted molar refractivity (Wildman–Crippen MR) is 134 cm³/mol. The molecule has 1 heterocycles. The molecular weight excluding hydrogens is 567 g/mol. The van der Waals surface area contributed by atoms with Crippen LogP contribution in [0, 0.1) is 0 Å². The zero-order valence-electron chi connectivity index (χ0n) is 21.2. The molecule has 2 aromatic rings. The molecule has 0 saturated carbocycles. The van der Waals surface area contributed by atoms with Crippen LogP contribution in [0.1, 0.15) is 20.8 Å². The molecule has 0 unspecified atom stereocenters. The largest absolute Gasteiger partial charge is 0.484 e. The summed E-state index contributed by atoms with van der Waals surface area (Å²) in [6.45, 7) is 2.21. The van der Waals surface area contributed by atoms with Crippen molar-refractivity contribution in [1.82, 2.24) is 5.32 Å². The fraction of sp³-hybridized carbons (Fsp3) is 0.391. The van der Waals surface area contributed by atoms with Crippen molar-refractivity contribution in [3.05, 3.63) is 42.5 Å². The Balaban J connectivity index is 2.01. The summed E-state index contributed by atoms with van der Waals surface area (Å²) in [7, 11) is -8.19. The summed E-state index contributed by atoms with van der Waals surface area (Å²) >= 11 is 0. The molecule has 39 heavy (non-hydrogen) atoms. The number of hydrogen-bond acceptors (Lipinski definition) is 8. The first-order valence-corrected chi connectivity index (χ1v) is 14.6. The fourth-order valence-corrected chi connectivity index (χ4v) is 5.69. The van der Waals surface area contributed by atoms with Gasteiger partial charge >= 0.3 is 12.3 Å². The minimum atomic E-state index is -4.84. The van der Waals surface area contributed by atoms with Crippen molar-refractivity contribution in [3.63, 3.8) is 0 Å². The second-order valence-corrected chi connectivity index (χ2v) is 13.0. The number of ether oxygens (including phenoxy) is 2. The quantitative estimate of drug-likeness (QED) is 0.498. The predicted octanol–water partition coefficient (Wildman–Crippen LogP) is 3.07. The summed E-state index contributed by atoms with van der Waals surface area (Å²) in [5, 5.41) is 4.67. The van der Waals surface area contributed by atoms with E-state index in [1.165, 1.54) is 37.3 Å². The molecule has 1 atom stereocenters. The van der Waals surface area contributed by atoms with E-state index in [4.69, 9.17) is 4.74 Å². The molecule has 2 aromatic carbocycles. The lowest BCUT2D eigenvalue weighted by Crippen LogP contribution is -2.48. The number of carbonyl (C=O) groups is 2. The van der Waals surface area contributed by atoms with Gasteiger partial charge in [0.25, 0.3) is 10.0 Å². The van der Waals surface area contributed by atoms with Crippen LogP contribution in [0.25, 0.3) is 0 Å². The molecule has 1 aliphatic rings. The normalized spacial score (nSPS) is 16.1. The third kappa shape index (κ3) is 6.92. The molecule has 0 spiro atoms. The molecule has 0 radical (unpaired) electrons. The van der Waals surface area contributed by atoms with Crippen LogP contribution in [0.3, 0.4) is 0 Å². The molecule has 0 bridgehead atoms. The molecule has 11 nitrogen and oxygen atoms in total. The van der Waals surface area contributed by atoms with E-state index in [9.17, 15) is 39.6 Å². The zero-order chi connectivity index (χ0) is 29.4. The first kappa shape index (κ1) is 30.0. The number of anilines is 2. The van der Waals surface area contributed by atoms with Gasteiger partial charge in [-0.2, -0.15) is 13.2 Å². The van der Waals surface area contributed by atoms with Gasteiger partial charge in [0, 0.05) is 18.9 Å². The van der Waals surface area contributed by atoms with Crippen LogP contribution in [0.4, 0.5) is 29.3 Å². The van der Waals surface area contributed by atoms with Gasteiger partial charge in [0.15, 0.2) is 9.84 Å². The number of fused-ring (bicyclic) bond motifs is 1. The summed E-state index contributed by atoms with van der Waals surface area (Å²) in [6, 6.07) is 8.38. The molecule has 0 saturated heterocycles. The number of benzene rings is 2. The second-order valence-electron chi connectivity index (χ2n) is 9.17. The molecule has 2 N–H and O–H groups in total. The van der Waals surface area contributed by atoms with Gasteiger partial charge in [-0.3, -0.25) is 14.4 Å². The minimum Gasteiger partial charge on any atom is -0.484 e. The molecule has 1 aliphatic heterocycles. The van der Waals surface area contributed by atoms with Crippen LogP contribution in [0.5, 0.6) is 5.75 Å². The Bertz CT molecular complexity index is 1490. The maximum Gasteiger partial charge on any atom is 0.427 e. The average molecular weight is 594 g/mol. The molecule has 0 aromatic heterocycles. The smallest absolute Gasteiger partial charge is 0.427 e. The Morgan fingerprint density at radius 3 is 2.31 bits per heavy atom. The zero-order valence-corrected chi connectivity index (χ0v) is 22.8. The maximum atomic E-state index is 13.7. The van der Waals surface area contributed by atoms with Crippen molar-refractivity contribution in [3.8, 4) is 5.75 Å². The van der Waals surface area contributed by atoms with Gasteiger partial charge in [-0.25, -0.2) is 21.6 Å². The molecular formula is C23H26F3N3O8S2. The van der Waals surface area contributed by atoms with Crippen LogP contribution < -0.4 is 19.7 Å². The van der Waals surface area contributed by atoms with Gasteiger partial charge < -0.3 is 14.8 Å². The van der Waals surface area contributed by atoms with Crippen molar-refractivity contribution in [2.75, 3.05) is 29.0 Å². The number of carbonyl (C=O) groups excluding carboxylic acids is 2. The van der Waals surface area contributed by atoms with Crippen LogP contribution in [0.15, 0.2) is 52.3 Å². The molecule has 2 amide bonds. The fourth-order valence-electron chi connectivity index (χ4n) is 3.41. The molecule has 214 valence electrons. The van der Waals surface area contributed by atoms with E-state index >= 15 is 0 Å². The lowest BCUT2D eigenvalue weighted by atomic mass is 10.1. The highest BCUT2D eigenvalue weighted by atomic mass is 32.2. The Labute approximate surface area is 223 Å². The Kier molecular flexibility index (Phi) is 8.13. The molecule has 0 fully saturated rings. The van der Waals surface area contributed by atoms with Crippen LogP contribution in [-0.2, 0) is 29.4 Å². The SMILES string of the molecule is CC(=O)NC[C@H]1CN(S(=O)(=O)c2cccc(S(C)(=O)=O)c2)c2cc(NC(=O)OC(C)(C)C(F)(F)F)ccc2O1. The number of alkyl halides is 3. The summed E-state index contributed by atoms with van der Waals surface area (Å²) in [4.78, 5) is 23.0. The van der Waals surface area contributed by atoms with Crippen LogP contribution in [0.2, 0.25) is 0 Å². The number of rotatable bonds is 7. The summed E-state index contributed by atoms with van der Waals surface area (Å²) in [5.74, 6) is -0.367. The van der Waals surface area contributed by atoms with Crippen molar-refractivity contribution >= 4 is 43.2 Å². The van der Waals surface area contributed by atoms with Gasteiger partial charge in [0.1, 0.15) is 11.9 Å². The summed E-state index contributed by atoms with van der Waals surface area (Å²) < 4.78 is 102. The second kappa shape index (κ2) is 10.6. The van der Waals surface area contributed by atoms with E-state index in [1.807, 2.05) is 0 Å². The number of halogens is 3. The van der Waals surface area contributed by atoms with Gasteiger partial charge in [-0.15, -0.1) is 0 Å². The Morgan fingerprint density at radius 2 is 1.72 bits per heavy atom. The number of sulfone groups is 1. The lowest BCUT2D eigenvalue weighted by Gasteiger charge is -2.36. The molecule has 0 aliphatic carbocycles. The Hall–Kier alpha value is -3.53. The van der Waals surface area contributed by atoms with Gasteiger partial charge in [-0.1, -0.05) is 6.07 Å². The van der Waals surface area contributed by atoms with Gasteiger partial charge in [0.05, 0.1) is 28.6 Å². The van der Waals surface area contributed by atoms with E-state index in [-0.39, 0.29) is 45.9 Å². The van der Waals surface area contributed by atoms with Crippen LogP contribution >= 0.6 is 0 Å². The van der Waals surface area contributed by atoms with Gasteiger partial charge in [0.2, 0.25) is 11.5 Å². The third-order valence-corrected chi connectivity index (χ3v) is 8.45. The van der Waals surface area contributed by atoms with E-state index in [0.29, 0.717) is 13.8 Å². The first-order chi connectivity index (χ1) is 17.8. The number of nitrogens with one attached hydrogen (secondary N) is 2. The monoisotopic (exact) mass is 593 g/mol. The number of nitrogens with zero attached hydrogens (tertiary/aromatic N) is 1. The number of hydrogen-bond donors (Lipinski definition) is 2. The summed E-state index contributed by atoms with van der Waals surface area (Å²) in [5.41, 5.74) is -3.00. The minimum absolute atomic E-state index is 0.0222. The highest BCUT2D eigenvalue weighted by molar-refractivity contribution is 7.93. The van der Waals surface area contributed by atoms with Crippen molar-refractivity contribution < 1.29 is 49.1 Å². The van der Waals surface area contributed by atoms with Gasteiger partial charge in [-0.05, 0) is 50.2 Å². The third-order valence-electron chi connectivity index (χ3n) is 5.57. The standard InChI is InChI=1S/C23H26F3N3O8S2/c1-14(30)27-12-16-13-29(39(34,35)18-7-5-6-17(11-18)38(4,32)33)19-10-15(8-9-20(19)36-16)28-21(31)37-22(2,3)23(24,25)26/h5-11,16H,12-13H2,1-4H3,(H,27,30)(H,28,31)/t16-/m0/s1. The topological polar surface area (TPSA) is 148 Å². The first-order valence-electron chi connectivity index (χ1n) is 11.3. The van der Waals surface area contributed by atoms with Crippen molar-refractivity contribution in [2.24, 2.45) is 0 Å². The average Bonchev–Trinajstić information content (AvgIpc) is 2.80. The van der Waals surface area contributed by atoms with E-state index < -0.39 is 43.8 Å². The highest BCUT2D eigenvalue weighted by Crippen LogP contribution is 2.39. The molecule has 3 rings (SSSR count). The Morgan fingerprint density at radius 1 is 1.08 bits per heavy atom. The maximum absolute atomic E-state index is 13.7. The van der Waals surface area contributed by atoms with Crippen molar-refractivity contribution in [1.29, 1.82) is 0 Å². The summed E-state index contributed by atoms with van der Waals surface area (Å²) in [6.07, 6.45) is -6.22. The highest BCUT2D eigenvalue weighted by Gasteiger charge is 2.51.